The Labute approximate surface area is 232 Å². The van der Waals surface area contributed by atoms with Crippen LogP contribution in [0.3, 0.4) is 0 Å². The molecule has 0 aliphatic rings. The van der Waals surface area contributed by atoms with E-state index in [-0.39, 0.29) is 6.61 Å². The van der Waals surface area contributed by atoms with Gasteiger partial charge < -0.3 is 24.5 Å². The minimum absolute atomic E-state index is 0.221. The molecule has 0 fully saturated rings. The molecule has 1 aromatic rings. The SMILES string of the molecule is CCCCN(CCCC)CCCC.CCCCN(CCCC)CCCC.OB(O)OCc1ccccc1. The second kappa shape index (κ2) is 31.3. The van der Waals surface area contributed by atoms with E-state index in [9.17, 15) is 0 Å². The molecular formula is C31H63BN2O3. The second-order valence-electron chi connectivity index (χ2n) is 9.93. The normalized spacial score (nSPS) is 10.6. The molecule has 0 saturated carbocycles. The summed E-state index contributed by atoms with van der Waals surface area (Å²) in [4.78, 5) is 5.27. The van der Waals surface area contributed by atoms with Crippen LogP contribution in [0.1, 0.15) is 124 Å². The molecule has 0 bridgehead atoms. The second-order valence-corrected chi connectivity index (χ2v) is 9.93. The first kappa shape index (κ1) is 38.2. The van der Waals surface area contributed by atoms with Crippen LogP contribution in [0.2, 0.25) is 0 Å². The van der Waals surface area contributed by atoms with Crippen molar-refractivity contribution < 1.29 is 14.7 Å². The maximum absolute atomic E-state index is 8.35. The molecule has 0 aliphatic heterocycles. The van der Waals surface area contributed by atoms with Gasteiger partial charge in [-0.05, 0) is 83.4 Å². The van der Waals surface area contributed by atoms with Crippen LogP contribution in [0.15, 0.2) is 30.3 Å². The Morgan fingerprint density at radius 2 is 0.838 bits per heavy atom. The summed E-state index contributed by atoms with van der Waals surface area (Å²) in [5.74, 6) is 0. The molecule has 5 nitrogen and oxygen atoms in total. The van der Waals surface area contributed by atoms with Gasteiger partial charge in [-0.2, -0.15) is 0 Å². The van der Waals surface area contributed by atoms with Crippen molar-refractivity contribution in [2.24, 2.45) is 0 Å². The van der Waals surface area contributed by atoms with Gasteiger partial charge >= 0.3 is 7.32 Å². The number of rotatable bonds is 21. The number of hydrogen-bond acceptors (Lipinski definition) is 5. The molecule has 0 radical (unpaired) electrons. The number of benzene rings is 1. The summed E-state index contributed by atoms with van der Waals surface area (Å²) in [6.07, 6.45) is 16.2. The highest BCUT2D eigenvalue weighted by Crippen LogP contribution is 2.03. The first-order valence-electron chi connectivity index (χ1n) is 15.4. The van der Waals surface area contributed by atoms with Crippen molar-refractivity contribution in [1.82, 2.24) is 9.80 Å². The average Bonchev–Trinajstić information content (AvgIpc) is 2.92. The van der Waals surface area contributed by atoms with E-state index >= 15 is 0 Å². The fourth-order valence-electron chi connectivity index (χ4n) is 3.71. The van der Waals surface area contributed by atoms with Gasteiger partial charge in [0.1, 0.15) is 0 Å². The molecule has 1 aromatic carbocycles. The zero-order valence-corrected chi connectivity index (χ0v) is 25.6. The Balaban J connectivity index is 0. The van der Waals surface area contributed by atoms with Crippen LogP contribution in [0.5, 0.6) is 0 Å². The van der Waals surface area contributed by atoms with Crippen molar-refractivity contribution >= 4 is 7.32 Å². The Morgan fingerprint density at radius 3 is 1.08 bits per heavy atom. The first-order chi connectivity index (χ1) is 18.0. The predicted octanol–water partition coefficient (Wildman–Crippen LogP) is 7.55. The minimum Gasteiger partial charge on any atom is -0.402 e. The highest BCUT2D eigenvalue weighted by molar-refractivity contribution is 6.32. The van der Waals surface area contributed by atoms with Gasteiger partial charge in [0.25, 0.3) is 0 Å². The van der Waals surface area contributed by atoms with Gasteiger partial charge in [-0.1, -0.05) is 110 Å². The standard InChI is InChI=1S/2C12H27N.C7H9BO3/c2*1-4-7-10-13(11-8-5-2)12-9-6-3;9-8(10)11-6-7-4-2-1-3-5-7/h2*4-12H2,1-3H3;1-5,9-10H,6H2. The summed E-state index contributed by atoms with van der Waals surface area (Å²) < 4.78 is 4.54. The molecule has 0 aliphatic carbocycles. The molecule has 1 rings (SSSR count). The lowest BCUT2D eigenvalue weighted by Gasteiger charge is -2.21. The minimum atomic E-state index is -1.68. The molecule has 0 heterocycles. The van der Waals surface area contributed by atoms with Gasteiger partial charge in [-0.3, -0.25) is 0 Å². The number of unbranched alkanes of at least 4 members (excludes halogenated alkanes) is 6. The highest BCUT2D eigenvalue weighted by Gasteiger charge is 2.07. The van der Waals surface area contributed by atoms with E-state index in [0.717, 1.165) is 5.56 Å². The zero-order valence-electron chi connectivity index (χ0n) is 25.6. The maximum Gasteiger partial charge on any atom is 0.634 e. The van der Waals surface area contributed by atoms with Gasteiger partial charge in [0.15, 0.2) is 0 Å². The smallest absolute Gasteiger partial charge is 0.402 e. The van der Waals surface area contributed by atoms with Gasteiger partial charge in [0.05, 0.1) is 6.61 Å². The van der Waals surface area contributed by atoms with Crippen LogP contribution in [0.25, 0.3) is 0 Å². The third-order valence-electron chi connectivity index (χ3n) is 6.21. The van der Waals surface area contributed by atoms with Crippen LogP contribution in [-0.2, 0) is 11.3 Å². The summed E-state index contributed by atoms with van der Waals surface area (Å²) in [7, 11) is -1.68. The summed E-state index contributed by atoms with van der Waals surface area (Å²) in [5, 5.41) is 16.7. The van der Waals surface area contributed by atoms with Crippen LogP contribution >= 0.6 is 0 Å². The molecule has 2 N–H and O–H groups in total. The molecule has 0 unspecified atom stereocenters. The molecule has 0 saturated heterocycles. The van der Waals surface area contributed by atoms with Crippen molar-refractivity contribution in [1.29, 1.82) is 0 Å². The van der Waals surface area contributed by atoms with E-state index < -0.39 is 7.32 Å². The average molecular weight is 523 g/mol. The Bertz CT molecular complexity index is 472. The third kappa shape index (κ3) is 29.5. The number of hydrogen-bond donors (Lipinski definition) is 2. The topological polar surface area (TPSA) is 56.2 Å². The summed E-state index contributed by atoms with van der Waals surface area (Å²) in [6.45, 7) is 21.8. The van der Waals surface area contributed by atoms with E-state index in [4.69, 9.17) is 10.0 Å². The monoisotopic (exact) mass is 522 g/mol. The zero-order chi connectivity index (χ0) is 28.0. The number of nitrogens with zero attached hydrogens (tertiary/aromatic N) is 2. The largest absolute Gasteiger partial charge is 0.634 e. The van der Waals surface area contributed by atoms with Gasteiger partial charge in [0, 0.05) is 0 Å². The van der Waals surface area contributed by atoms with Crippen LogP contribution in [0, 0.1) is 0 Å². The molecule has 0 amide bonds. The fraction of sp³-hybridized carbons (Fsp3) is 0.806. The lowest BCUT2D eigenvalue weighted by Crippen LogP contribution is -2.27. The maximum atomic E-state index is 8.35. The summed E-state index contributed by atoms with van der Waals surface area (Å²) in [5.41, 5.74) is 0.917. The van der Waals surface area contributed by atoms with E-state index in [1.165, 1.54) is 116 Å². The fourth-order valence-corrected chi connectivity index (χ4v) is 3.71. The van der Waals surface area contributed by atoms with E-state index in [0.29, 0.717) is 0 Å². The van der Waals surface area contributed by atoms with E-state index in [2.05, 4.69) is 56.0 Å². The quantitative estimate of drug-likeness (QED) is 0.163. The molecule has 0 atom stereocenters. The summed E-state index contributed by atoms with van der Waals surface area (Å²) in [6, 6.07) is 9.31. The third-order valence-corrected chi connectivity index (χ3v) is 6.21. The van der Waals surface area contributed by atoms with Crippen LogP contribution < -0.4 is 0 Å². The molecule has 0 aromatic heterocycles. The first-order valence-corrected chi connectivity index (χ1v) is 15.4. The molecule has 37 heavy (non-hydrogen) atoms. The molecule has 0 spiro atoms. The van der Waals surface area contributed by atoms with Gasteiger partial charge in [-0.15, -0.1) is 0 Å². The van der Waals surface area contributed by atoms with Crippen molar-refractivity contribution in [2.45, 2.75) is 125 Å². The van der Waals surface area contributed by atoms with Crippen molar-refractivity contribution in [3.63, 3.8) is 0 Å². The van der Waals surface area contributed by atoms with Crippen molar-refractivity contribution in [2.75, 3.05) is 39.3 Å². The summed E-state index contributed by atoms with van der Waals surface area (Å²) >= 11 is 0. The Hall–Kier alpha value is -0.915. The van der Waals surface area contributed by atoms with E-state index in [1.54, 1.807) is 0 Å². The highest BCUT2D eigenvalue weighted by atomic mass is 16.6. The Morgan fingerprint density at radius 1 is 0.541 bits per heavy atom. The predicted molar refractivity (Wildman–Crippen MR) is 164 cm³/mol. The molecular weight excluding hydrogens is 459 g/mol. The lowest BCUT2D eigenvalue weighted by atomic mass is 10.2. The molecule has 218 valence electrons. The van der Waals surface area contributed by atoms with Gasteiger partial charge in [-0.25, -0.2) is 0 Å². The van der Waals surface area contributed by atoms with E-state index in [1.807, 2.05) is 30.3 Å². The lowest BCUT2D eigenvalue weighted by molar-refractivity contribution is 0.177. The van der Waals surface area contributed by atoms with Crippen LogP contribution in [-0.4, -0.2) is 66.4 Å². The van der Waals surface area contributed by atoms with Crippen molar-refractivity contribution in [3.8, 4) is 0 Å². The van der Waals surface area contributed by atoms with Crippen molar-refractivity contribution in [3.05, 3.63) is 35.9 Å². The van der Waals surface area contributed by atoms with Crippen LogP contribution in [0.4, 0.5) is 0 Å². The Kier molecular flexibility index (Phi) is 32.3. The molecule has 6 heteroatoms. The van der Waals surface area contributed by atoms with Gasteiger partial charge in [0.2, 0.25) is 0 Å².